The van der Waals surface area contributed by atoms with E-state index in [1.54, 1.807) is 61.5 Å². The van der Waals surface area contributed by atoms with Gasteiger partial charge in [-0.1, -0.05) is 12.1 Å². The third-order valence-electron chi connectivity index (χ3n) is 3.78. The third-order valence-corrected chi connectivity index (χ3v) is 4.65. The highest BCUT2D eigenvalue weighted by atomic mass is 32.1. The first kappa shape index (κ1) is 19.3. The molecule has 1 heterocycles. The summed E-state index contributed by atoms with van der Waals surface area (Å²) in [4.78, 5) is 36.9. The number of hydrogen-bond donors (Lipinski definition) is 2. The lowest BCUT2D eigenvalue weighted by Crippen LogP contribution is -2.13. The molecule has 0 radical (unpaired) electrons. The predicted molar refractivity (Wildman–Crippen MR) is 109 cm³/mol. The SMILES string of the molecule is CCOC(=O)c1cccc(NC(=O)c2ccc(NC(=O)c3cccs3)cc2)c1. The molecule has 6 nitrogen and oxygen atoms in total. The van der Waals surface area contributed by atoms with Crippen molar-refractivity contribution >= 4 is 40.5 Å². The maximum absolute atomic E-state index is 12.4. The van der Waals surface area contributed by atoms with Gasteiger partial charge in [0.25, 0.3) is 11.8 Å². The molecule has 0 aliphatic heterocycles. The zero-order valence-electron chi connectivity index (χ0n) is 15.1. The van der Waals surface area contributed by atoms with Gasteiger partial charge in [-0.2, -0.15) is 0 Å². The molecule has 7 heteroatoms. The highest BCUT2D eigenvalue weighted by Gasteiger charge is 2.11. The summed E-state index contributed by atoms with van der Waals surface area (Å²) in [5.74, 6) is -0.954. The van der Waals surface area contributed by atoms with Crippen LogP contribution in [0.2, 0.25) is 0 Å². The van der Waals surface area contributed by atoms with Gasteiger partial charge in [-0.25, -0.2) is 4.79 Å². The van der Waals surface area contributed by atoms with Gasteiger partial charge in [0, 0.05) is 16.9 Å². The first-order chi connectivity index (χ1) is 13.6. The van der Waals surface area contributed by atoms with E-state index in [9.17, 15) is 14.4 Å². The smallest absolute Gasteiger partial charge is 0.338 e. The van der Waals surface area contributed by atoms with Gasteiger partial charge < -0.3 is 15.4 Å². The van der Waals surface area contributed by atoms with Crippen molar-refractivity contribution in [2.75, 3.05) is 17.2 Å². The molecular formula is C21H18N2O4S. The second-order valence-corrected chi connectivity index (χ2v) is 6.71. The van der Waals surface area contributed by atoms with Crippen molar-refractivity contribution in [3.63, 3.8) is 0 Å². The summed E-state index contributed by atoms with van der Waals surface area (Å²) in [7, 11) is 0. The molecule has 0 saturated heterocycles. The number of carbonyl (C=O) groups excluding carboxylic acids is 3. The minimum absolute atomic E-state index is 0.192. The monoisotopic (exact) mass is 394 g/mol. The molecule has 0 spiro atoms. The Bertz CT molecular complexity index is 982. The molecule has 3 aromatic rings. The number of ether oxygens (including phenoxy) is 1. The lowest BCUT2D eigenvalue weighted by molar-refractivity contribution is 0.0526. The lowest BCUT2D eigenvalue weighted by atomic mass is 10.1. The third kappa shape index (κ3) is 4.83. The highest BCUT2D eigenvalue weighted by Crippen LogP contribution is 2.16. The van der Waals surface area contributed by atoms with Gasteiger partial charge in [-0.05, 0) is 60.8 Å². The van der Waals surface area contributed by atoms with Gasteiger partial charge in [0.2, 0.25) is 0 Å². The summed E-state index contributed by atoms with van der Waals surface area (Å²) in [6, 6.07) is 16.7. The average molecular weight is 394 g/mol. The van der Waals surface area contributed by atoms with Gasteiger partial charge in [0.15, 0.2) is 0 Å². The summed E-state index contributed by atoms with van der Waals surface area (Å²) < 4.78 is 4.96. The predicted octanol–water partition coefficient (Wildman–Crippen LogP) is 4.43. The highest BCUT2D eigenvalue weighted by molar-refractivity contribution is 7.12. The number of esters is 1. The fraction of sp³-hybridized carbons (Fsp3) is 0.0952. The van der Waals surface area contributed by atoms with E-state index in [0.29, 0.717) is 27.4 Å². The number of rotatable bonds is 6. The van der Waals surface area contributed by atoms with Crippen LogP contribution in [0.4, 0.5) is 11.4 Å². The molecule has 0 unspecified atom stereocenters. The first-order valence-electron chi connectivity index (χ1n) is 8.60. The number of nitrogens with one attached hydrogen (secondary N) is 2. The van der Waals surface area contributed by atoms with E-state index in [1.807, 2.05) is 11.4 Å². The van der Waals surface area contributed by atoms with Crippen molar-refractivity contribution in [3.05, 3.63) is 82.0 Å². The maximum atomic E-state index is 12.4. The van der Waals surface area contributed by atoms with Gasteiger partial charge in [-0.15, -0.1) is 11.3 Å². The van der Waals surface area contributed by atoms with Crippen LogP contribution in [0.15, 0.2) is 66.0 Å². The Kier molecular flexibility index (Phi) is 6.18. The summed E-state index contributed by atoms with van der Waals surface area (Å²) in [5, 5.41) is 7.36. The molecule has 142 valence electrons. The molecule has 0 atom stereocenters. The van der Waals surface area contributed by atoms with E-state index < -0.39 is 5.97 Å². The van der Waals surface area contributed by atoms with Crippen molar-refractivity contribution in [2.24, 2.45) is 0 Å². The molecule has 0 aliphatic carbocycles. The van der Waals surface area contributed by atoms with E-state index in [2.05, 4.69) is 10.6 Å². The maximum Gasteiger partial charge on any atom is 0.338 e. The molecular weight excluding hydrogens is 376 g/mol. The summed E-state index contributed by atoms with van der Waals surface area (Å²) in [6.07, 6.45) is 0. The second kappa shape index (κ2) is 8.96. The largest absolute Gasteiger partial charge is 0.462 e. The van der Waals surface area contributed by atoms with Crippen LogP contribution < -0.4 is 10.6 Å². The Balaban J connectivity index is 1.64. The van der Waals surface area contributed by atoms with E-state index in [1.165, 1.54) is 11.3 Å². The minimum atomic E-state index is -0.440. The van der Waals surface area contributed by atoms with Crippen molar-refractivity contribution in [1.82, 2.24) is 0 Å². The first-order valence-corrected chi connectivity index (χ1v) is 9.48. The van der Waals surface area contributed by atoms with Gasteiger partial charge in [-0.3, -0.25) is 9.59 Å². The number of thiophene rings is 1. The van der Waals surface area contributed by atoms with Gasteiger partial charge >= 0.3 is 5.97 Å². The average Bonchev–Trinajstić information content (AvgIpc) is 3.24. The number of anilines is 2. The topological polar surface area (TPSA) is 84.5 Å². The number of amides is 2. The zero-order valence-corrected chi connectivity index (χ0v) is 15.9. The van der Waals surface area contributed by atoms with Crippen molar-refractivity contribution < 1.29 is 19.1 Å². The summed E-state index contributed by atoms with van der Waals surface area (Å²) in [6.45, 7) is 2.01. The van der Waals surface area contributed by atoms with Gasteiger partial charge in [0.1, 0.15) is 0 Å². The molecule has 2 N–H and O–H groups in total. The van der Waals surface area contributed by atoms with Crippen LogP contribution in [-0.2, 0) is 4.74 Å². The molecule has 0 fully saturated rings. The van der Waals surface area contributed by atoms with Crippen LogP contribution in [0.1, 0.15) is 37.3 Å². The second-order valence-electron chi connectivity index (χ2n) is 5.76. The molecule has 0 aliphatic rings. The van der Waals surface area contributed by atoms with E-state index in [4.69, 9.17) is 4.74 Å². The molecule has 28 heavy (non-hydrogen) atoms. The van der Waals surface area contributed by atoms with E-state index in [0.717, 1.165) is 0 Å². The van der Waals surface area contributed by atoms with Crippen LogP contribution >= 0.6 is 11.3 Å². The Labute approximate surface area is 166 Å². The van der Waals surface area contributed by atoms with Crippen LogP contribution in [0.3, 0.4) is 0 Å². The molecule has 0 saturated carbocycles. The van der Waals surface area contributed by atoms with E-state index >= 15 is 0 Å². The Hall–Kier alpha value is -3.45. The van der Waals surface area contributed by atoms with Crippen LogP contribution in [0.5, 0.6) is 0 Å². The van der Waals surface area contributed by atoms with E-state index in [-0.39, 0.29) is 18.4 Å². The molecule has 3 rings (SSSR count). The quantitative estimate of drug-likeness (QED) is 0.606. The molecule has 1 aromatic heterocycles. The lowest BCUT2D eigenvalue weighted by Gasteiger charge is -2.08. The molecule has 0 bridgehead atoms. The Morgan fingerprint density at radius 2 is 1.61 bits per heavy atom. The van der Waals surface area contributed by atoms with Gasteiger partial charge in [0.05, 0.1) is 17.0 Å². The fourth-order valence-electron chi connectivity index (χ4n) is 2.45. The normalized spacial score (nSPS) is 10.2. The number of hydrogen-bond acceptors (Lipinski definition) is 5. The number of benzene rings is 2. The van der Waals surface area contributed by atoms with Crippen LogP contribution in [0.25, 0.3) is 0 Å². The Morgan fingerprint density at radius 1 is 0.857 bits per heavy atom. The zero-order chi connectivity index (χ0) is 19.9. The molecule has 2 aromatic carbocycles. The number of carbonyl (C=O) groups is 3. The van der Waals surface area contributed by atoms with Crippen molar-refractivity contribution in [3.8, 4) is 0 Å². The van der Waals surface area contributed by atoms with Crippen molar-refractivity contribution in [2.45, 2.75) is 6.92 Å². The van der Waals surface area contributed by atoms with Crippen LogP contribution in [0, 0.1) is 0 Å². The van der Waals surface area contributed by atoms with Crippen molar-refractivity contribution in [1.29, 1.82) is 0 Å². The minimum Gasteiger partial charge on any atom is -0.462 e. The molecule has 2 amide bonds. The summed E-state index contributed by atoms with van der Waals surface area (Å²) in [5.41, 5.74) is 1.88. The summed E-state index contributed by atoms with van der Waals surface area (Å²) >= 11 is 1.36. The standard InChI is InChI=1S/C21H18N2O4S/c1-2-27-21(26)15-5-3-6-17(13-15)23-19(24)14-8-10-16(11-9-14)22-20(25)18-7-4-12-28-18/h3-13H,2H2,1H3,(H,22,25)(H,23,24). The Morgan fingerprint density at radius 3 is 2.29 bits per heavy atom. The van der Waals surface area contributed by atoms with Crippen LogP contribution in [-0.4, -0.2) is 24.4 Å². The fourth-order valence-corrected chi connectivity index (χ4v) is 3.07.